The smallest absolute Gasteiger partial charge is 0.265 e. The Hall–Kier alpha value is -3.75. The van der Waals surface area contributed by atoms with Gasteiger partial charge in [-0.2, -0.15) is 0 Å². The lowest BCUT2D eigenvalue weighted by Gasteiger charge is -2.36. The van der Waals surface area contributed by atoms with Gasteiger partial charge in [-0.05, 0) is 98.0 Å². The Balaban J connectivity index is 1.08. The van der Waals surface area contributed by atoms with Gasteiger partial charge in [0.05, 0.1) is 16.8 Å². The van der Waals surface area contributed by atoms with Gasteiger partial charge in [0.25, 0.3) is 11.5 Å². The zero-order valence-corrected chi connectivity index (χ0v) is 25.9. The van der Waals surface area contributed by atoms with Crippen LogP contribution in [-0.4, -0.2) is 52.6 Å². The van der Waals surface area contributed by atoms with Crippen LogP contribution in [0.1, 0.15) is 62.6 Å². The highest BCUT2D eigenvalue weighted by Crippen LogP contribution is 2.33. The molecule has 1 N–H and O–H groups in total. The third-order valence-corrected chi connectivity index (χ3v) is 10.5. The Morgan fingerprint density at radius 2 is 1.86 bits per heavy atom. The SMILES string of the molecule is Cc1c(NC(=O)c2cc3c(s2)CCCC3)cccc1-c1cc(Cc2ccc(N3CCN(C4CC4)CC3)cn2)c(=O)n(C)c1. The van der Waals surface area contributed by atoms with Crippen molar-refractivity contribution in [1.82, 2.24) is 14.5 Å². The quantitative estimate of drug-likeness (QED) is 0.292. The number of nitrogens with zero attached hydrogens (tertiary/aromatic N) is 4. The van der Waals surface area contributed by atoms with Crippen LogP contribution >= 0.6 is 11.3 Å². The number of piperazine rings is 1. The van der Waals surface area contributed by atoms with Crippen molar-refractivity contribution in [2.24, 2.45) is 7.05 Å². The first kappa shape index (κ1) is 28.0. The summed E-state index contributed by atoms with van der Waals surface area (Å²) in [5.41, 5.74) is 7.76. The van der Waals surface area contributed by atoms with E-state index in [1.54, 1.807) is 23.0 Å². The lowest BCUT2D eigenvalue weighted by molar-refractivity contribution is 0.103. The first-order chi connectivity index (χ1) is 20.9. The van der Waals surface area contributed by atoms with Gasteiger partial charge in [-0.1, -0.05) is 12.1 Å². The van der Waals surface area contributed by atoms with Gasteiger partial charge >= 0.3 is 0 Å². The van der Waals surface area contributed by atoms with Crippen LogP contribution in [0.3, 0.4) is 0 Å². The fourth-order valence-electron chi connectivity index (χ4n) is 6.61. The van der Waals surface area contributed by atoms with Crippen LogP contribution in [0, 0.1) is 6.92 Å². The standard InChI is InChI=1S/C35H39N5O2S/c1-23-30(7-5-8-31(23)37-34(41)33-20-24-6-3-4-9-32(24)43-33)26-18-25(35(42)38(2)22-26)19-27-10-11-29(21-36-27)40-16-14-39(15-17-40)28-12-13-28/h5,7-8,10-11,18,20-22,28H,3-4,6,9,12-17,19H2,1-2H3,(H,37,41). The monoisotopic (exact) mass is 593 g/mol. The van der Waals surface area contributed by atoms with E-state index >= 15 is 0 Å². The van der Waals surface area contributed by atoms with E-state index < -0.39 is 0 Å². The predicted molar refractivity (Wildman–Crippen MR) is 175 cm³/mol. The Bertz CT molecular complexity index is 1690. The van der Waals surface area contributed by atoms with Gasteiger partial charge in [0.1, 0.15) is 0 Å². The molecule has 0 atom stereocenters. The fraction of sp³-hybridized carbons (Fsp3) is 0.400. The van der Waals surface area contributed by atoms with E-state index in [4.69, 9.17) is 4.98 Å². The second kappa shape index (κ2) is 11.7. The highest BCUT2D eigenvalue weighted by atomic mass is 32.1. The molecule has 0 bridgehead atoms. The van der Waals surface area contributed by atoms with Crippen molar-refractivity contribution in [3.05, 3.63) is 97.4 Å². The summed E-state index contributed by atoms with van der Waals surface area (Å²) in [6, 6.07) is 15.0. The second-order valence-electron chi connectivity index (χ2n) is 12.3. The maximum atomic E-state index is 13.2. The summed E-state index contributed by atoms with van der Waals surface area (Å²) in [4.78, 5) is 38.3. The van der Waals surface area contributed by atoms with Crippen LogP contribution < -0.4 is 15.8 Å². The summed E-state index contributed by atoms with van der Waals surface area (Å²) in [6.45, 7) is 6.34. The van der Waals surface area contributed by atoms with Gasteiger partial charge in [0.15, 0.2) is 0 Å². The van der Waals surface area contributed by atoms with E-state index in [0.717, 1.165) is 83.7 Å². The Morgan fingerprint density at radius 3 is 2.60 bits per heavy atom. The van der Waals surface area contributed by atoms with Gasteiger partial charge in [-0.3, -0.25) is 19.5 Å². The molecule has 4 aromatic rings. The van der Waals surface area contributed by atoms with Crippen molar-refractivity contribution in [3.8, 4) is 11.1 Å². The van der Waals surface area contributed by atoms with Crippen molar-refractivity contribution < 1.29 is 4.79 Å². The number of carbonyl (C=O) groups is 1. The third kappa shape index (κ3) is 5.91. The minimum atomic E-state index is -0.0554. The molecule has 8 heteroatoms. The molecule has 1 saturated carbocycles. The average molecular weight is 594 g/mol. The number of hydrogen-bond donors (Lipinski definition) is 1. The van der Waals surface area contributed by atoms with Crippen molar-refractivity contribution in [3.63, 3.8) is 0 Å². The minimum absolute atomic E-state index is 0.0189. The van der Waals surface area contributed by atoms with E-state index in [9.17, 15) is 9.59 Å². The van der Waals surface area contributed by atoms with E-state index in [-0.39, 0.29) is 11.5 Å². The Labute approximate surface area is 257 Å². The zero-order valence-electron chi connectivity index (χ0n) is 25.1. The first-order valence-electron chi connectivity index (χ1n) is 15.6. The lowest BCUT2D eigenvalue weighted by Crippen LogP contribution is -2.47. The molecule has 0 spiro atoms. The topological polar surface area (TPSA) is 70.5 Å². The number of carbonyl (C=O) groups excluding carboxylic acids is 1. The largest absolute Gasteiger partial charge is 0.368 e. The molecule has 43 heavy (non-hydrogen) atoms. The minimum Gasteiger partial charge on any atom is -0.368 e. The van der Waals surface area contributed by atoms with Crippen LogP contribution in [0.2, 0.25) is 0 Å². The molecule has 1 saturated heterocycles. The highest BCUT2D eigenvalue weighted by Gasteiger charge is 2.31. The number of pyridine rings is 2. The summed E-state index contributed by atoms with van der Waals surface area (Å²) in [5.74, 6) is -0.0554. The molecule has 4 heterocycles. The summed E-state index contributed by atoms with van der Waals surface area (Å²) in [6.07, 6.45) is 11.6. The molecule has 2 aliphatic carbocycles. The zero-order chi connectivity index (χ0) is 29.5. The maximum absolute atomic E-state index is 13.2. The molecule has 0 unspecified atom stereocenters. The number of benzene rings is 1. The van der Waals surface area contributed by atoms with Crippen LogP contribution in [0.25, 0.3) is 11.1 Å². The van der Waals surface area contributed by atoms with Gasteiger partial charge in [-0.25, -0.2) is 0 Å². The van der Waals surface area contributed by atoms with Crippen molar-refractivity contribution in [1.29, 1.82) is 0 Å². The van der Waals surface area contributed by atoms with E-state index in [0.29, 0.717) is 12.0 Å². The second-order valence-corrected chi connectivity index (χ2v) is 13.4. The molecule has 1 aromatic carbocycles. The predicted octanol–water partition coefficient (Wildman–Crippen LogP) is 5.82. The van der Waals surface area contributed by atoms with Crippen LogP contribution in [0.15, 0.2) is 59.7 Å². The average Bonchev–Trinajstić information content (AvgIpc) is 3.78. The number of anilines is 2. The van der Waals surface area contributed by atoms with Crippen LogP contribution in [0.4, 0.5) is 11.4 Å². The molecule has 3 aliphatic rings. The molecule has 0 radical (unpaired) electrons. The van der Waals surface area contributed by atoms with Crippen molar-refractivity contribution in [2.45, 2.75) is 57.9 Å². The van der Waals surface area contributed by atoms with Gasteiger partial charge < -0.3 is 14.8 Å². The summed E-state index contributed by atoms with van der Waals surface area (Å²) < 4.78 is 1.65. The van der Waals surface area contributed by atoms with Gasteiger partial charge in [0.2, 0.25) is 0 Å². The first-order valence-corrected chi connectivity index (χ1v) is 16.4. The number of amides is 1. The fourth-order valence-corrected chi connectivity index (χ4v) is 7.76. The molecule has 3 aromatic heterocycles. The molecule has 7 rings (SSSR count). The molecule has 1 amide bonds. The number of nitrogens with one attached hydrogen (secondary N) is 1. The van der Waals surface area contributed by atoms with Crippen molar-refractivity contribution >= 4 is 28.6 Å². The molecule has 7 nitrogen and oxygen atoms in total. The highest BCUT2D eigenvalue weighted by molar-refractivity contribution is 7.14. The number of aromatic nitrogens is 2. The summed E-state index contributed by atoms with van der Waals surface area (Å²) in [7, 11) is 1.80. The Morgan fingerprint density at radius 1 is 1.05 bits per heavy atom. The molecular formula is C35H39N5O2S. The molecular weight excluding hydrogens is 554 g/mol. The normalized spacial score (nSPS) is 17.1. The molecule has 222 valence electrons. The third-order valence-electron chi connectivity index (χ3n) is 9.29. The lowest BCUT2D eigenvalue weighted by atomic mass is 9.98. The van der Waals surface area contributed by atoms with Gasteiger partial charge in [0, 0.05) is 73.7 Å². The van der Waals surface area contributed by atoms with E-state index in [1.807, 2.05) is 37.5 Å². The number of rotatable bonds is 7. The van der Waals surface area contributed by atoms with Crippen LogP contribution in [-0.2, 0) is 26.3 Å². The molecule has 2 fully saturated rings. The van der Waals surface area contributed by atoms with E-state index in [2.05, 4.69) is 39.4 Å². The summed E-state index contributed by atoms with van der Waals surface area (Å²) in [5, 5.41) is 3.16. The number of hydrogen-bond acceptors (Lipinski definition) is 6. The maximum Gasteiger partial charge on any atom is 0.265 e. The summed E-state index contributed by atoms with van der Waals surface area (Å²) >= 11 is 1.63. The Kier molecular flexibility index (Phi) is 7.65. The van der Waals surface area contributed by atoms with E-state index in [1.165, 1.54) is 36.1 Å². The number of aryl methyl sites for hydroxylation is 3. The molecule has 1 aliphatic heterocycles. The van der Waals surface area contributed by atoms with Crippen LogP contribution in [0.5, 0.6) is 0 Å². The van der Waals surface area contributed by atoms with Crippen molar-refractivity contribution in [2.75, 3.05) is 36.4 Å². The number of thiophene rings is 1. The number of fused-ring (bicyclic) bond motifs is 1. The van der Waals surface area contributed by atoms with Gasteiger partial charge in [-0.15, -0.1) is 11.3 Å².